The van der Waals surface area contributed by atoms with Crippen LogP contribution in [0.3, 0.4) is 0 Å². The van der Waals surface area contributed by atoms with E-state index in [1.165, 1.54) is 18.2 Å². The number of hydrogen-bond acceptors (Lipinski definition) is 3. The number of carbonyl (C=O) groups excluding carboxylic acids is 2. The monoisotopic (exact) mass is 335 g/mol. The molecule has 0 saturated carbocycles. The lowest BCUT2D eigenvalue weighted by Crippen LogP contribution is -2.30. The van der Waals surface area contributed by atoms with Crippen molar-refractivity contribution in [1.82, 2.24) is 5.32 Å². The van der Waals surface area contributed by atoms with Gasteiger partial charge in [-0.15, -0.1) is 0 Å². The van der Waals surface area contributed by atoms with Crippen LogP contribution in [0.1, 0.15) is 15.9 Å². The number of carbonyl (C=O) groups is 2. The molecule has 0 heterocycles. The molecule has 0 saturated heterocycles. The lowest BCUT2D eigenvalue weighted by molar-refractivity contribution is -0.124. The smallest absolute Gasteiger partial charge is 0.338 e. The van der Waals surface area contributed by atoms with Gasteiger partial charge >= 0.3 is 5.97 Å². The lowest BCUT2D eigenvalue weighted by atomic mass is 10.1. The Morgan fingerprint density at radius 3 is 2.65 bits per heavy atom. The molecule has 0 aliphatic rings. The van der Waals surface area contributed by atoms with Gasteiger partial charge in [-0.05, 0) is 42.3 Å². The number of benzene rings is 2. The summed E-state index contributed by atoms with van der Waals surface area (Å²) in [7, 11) is 0. The zero-order valence-electron chi connectivity index (χ0n) is 12.2. The van der Waals surface area contributed by atoms with Crippen LogP contribution in [0, 0.1) is 5.82 Å². The summed E-state index contributed by atoms with van der Waals surface area (Å²) in [6, 6.07) is 12.4. The van der Waals surface area contributed by atoms with Gasteiger partial charge in [-0.25, -0.2) is 9.18 Å². The first-order chi connectivity index (χ1) is 11.0. The first-order valence-electron chi connectivity index (χ1n) is 6.98. The number of hydrogen-bond donors (Lipinski definition) is 1. The predicted octanol–water partition coefficient (Wildman–Crippen LogP) is 2.99. The molecule has 0 aliphatic heterocycles. The average molecular weight is 336 g/mol. The molecule has 0 spiro atoms. The summed E-state index contributed by atoms with van der Waals surface area (Å²) in [5, 5.41) is 3.27. The second-order valence-corrected chi connectivity index (χ2v) is 5.25. The fourth-order valence-electron chi connectivity index (χ4n) is 1.92. The van der Waals surface area contributed by atoms with Gasteiger partial charge in [0.1, 0.15) is 5.82 Å². The van der Waals surface area contributed by atoms with Crippen LogP contribution in [-0.4, -0.2) is 25.0 Å². The molecule has 2 aromatic carbocycles. The van der Waals surface area contributed by atoms with Crippen molar-refractivity contribution in [1.29, 1.82) is 0 Å². The van der Waals surface area contributed by atoms with Crippen LogP contribution in [0.4, 0.5) is 4.39 Å². The van der Waals surface area contributed by atoms with Crippen molar-refractivity contribution in [2.45, 2.75) is 6.42 Å². The van der Waals surface area contributed by atoms with Crippen LogP contribution < -0.4 is 5.32 Å². The lowest BCUT2D eigenvalue weighted by Gasteiger charge is -2.07. The van der Waals surface area contributed by atoms with E-state index in [1.807, 2.05) is 18.2 Å². The summed E-state index contributed by atoms with van der Waals surface area (Å²) >= 11 is 5.87. The number of halogens is 2. The van der Waals surface area contributed by atoms with E-state index in [-0.39, 0.29) is 5.56 Å². The molecule has 1 amide bonds. The quantitative estimate of drug-likeness (QED) is 0.826. The van der Waals surface area contributed by atoms with Gasteiger partial charge in [-0.1, -0.05) is 29.8 Å². The zero-order chi connectivity index (χ0) is 16.7. The van der Waals surface area contributed by atoms with E-state index < -0.39 is 24.3 Å². The van der Waals surface area contributed by atoms with Crippen LogP contribution in [0.25, 0.3) is 0 Å². The summed E-state index contributed by atoms with van der Waals surface area (Å²) in [6.45, 7) is -0.0123. The molecule has 0 bridgehead atoms. The topological polar surface area (TPSA) is 55.4 Å². The number of esters is 1. The summed E-state index contributed by atoms with van der Waals surface area (Å²) in [5.41, 5.74) is 1.06. The van der Waals surface area contributed by atoms with Crippen molar-refractivity contribution in [2.24, 2.45) is 0 Å². The third kappa shape index (κ3) is 5.71. The van der Waals surface area contributed by atoms with E-state index >= 15 is 0 Å². The van der Waals surface area contributed by atoms with Crippen molar-refractivity contribution in [3.05, 3.63) is 70.5 Å². The van der Waals surface area contributed by atoms with Gasteiger partial charge in [-0.3, -0.25) is 4.79 Å². The van der Waals surface area contributed by atoms with Gasteiger partial charge in [0.15, 0.2) is 6.61 Å². The number of ether oxygens (including phenoxy) is 1. The molecule has 0 radical (unpaired) electrons. The van der Waals surface area contributed by atoms with Gasteiger partial charge < -0.3 is 10.1 Å². The van der Waals surface area contributed by atoms with Crippen LogP contribution in [0.5, 0.6) is 0 Å². The normalized spacial score (nSPS) is 10.2. The Hall–Kier alpha value is -2.40. The van der Waals surface area contributed by atoms with E-state index in [1.54, 1.807) is 6.07 Å². The molecule has 2 aromatic rings. The molecule has 1 N–H and O–H groups in total. The third-order valence-electron chi connectivity index (χ3n) is 3.02. The average Bonchev–Trinajstić information content (AvgIpc) is 2.52. The highest BCUT2D eigenvalue weighted by Crippen LogP contribution is 2.10. The van der Waals surface area contributed by atoms with E-state index in [2.05, 4.69) is 5.32 Å². The fourth-order valence-corrected chi connectivity index (χ4v) is 2.13. The highest BCUT2D eigenvalue weighted by Gasteiger charge is 2.10. The molecule has 0 aromatic heterocycles. The van der Waals surface area contributed by atoms with Crippen LogP contribution in [0.2, 0.25) is 5.02 Å². The summed E-state index contributed by atoms with van der Waals surface area (Å²) in [6.07, 6.45) is 0.615. The molecule has 0 aliphatic carbocycles. The molecule has 23 heavy (non-hydrogen) atoms. The minimum atomic E-state index is -0.741. The Labute approximate surface area is 138 Å². The van der Waals surface area contributed by atoms with Gasteiger partial charge in [0.25, 0.3) is 5.91 Å². The predicted molar refractivity (Wildman–Crippen MR) is 84.8 cm³/mol. The zero-order valence-corrected chi connectivity index (χ0v) is 13.0. The number of rotatable bonds is 6. The van der Waals surface area contributed by atoms with Gasteiger partial charge in [0.2, 0.25) is 0 Å². The van der Waals surface area contributed by atoms with Crippen molar-refractivity contribution in [2.75, 3.05) is 13.2 Å². The highest BCUT2D eigenvalue weighted by molar-refractivity contribution is 6.30. The molecule has 6 heteroatoms. The van der Waals surface area contributed by atoms with Crippen LogP contribution in [0.15, 0.2) is 48.5 Å². The standard InChI is InChI=1S/C17H15ClFNO3/c18-14-5-1-3-12(9-14)7-8-20-16(21)11-23-17(22)13-4-2-6-15(19)10-13/h1-6,9-10H,7-8,11H2,(H,20,21). The molecular formula is C17H15ClFNO3. The first-order valence-corrected chi connectivity index (χ1v) is 7.36. The molecule has 2 rings (SSSR count). The maximum absolute atomic E-state index is 13.0. The van der Waals surface area contributed by atoms with E-state index in [4.69, 9.17) is 16.3 Å². The van der Waals surface area contributed by atoms with Gasteiger partial charge in [0.05, 0.1) is 5.56 Å². The molecule has 0 unspecified atom stereocenters. The Kier molecular flexibility index (Phi) is 6.11. The number of amides is 1. The third-order valence-corrected chi connectivity index (χ3v) is 3.25. The Morgan fingerprint density at radius 1 is 1.13 bits per heavy atom. The summed E-state index contributed by atoms with van der Waals surface area (Å²) in [4.78, 5) is 23.3. The fraction of sp³-hybridized carbons (Fsp3) is 0.176. The Morgan fingerprint density at radius 2 is 1.91 bits per heavy atom. The first kappa shape index (κ1) is 17.0. The van der Waals surface area contributed by atoms with Crippen LogP contribution >= 0.6 is 11.6 Å². The maximum Gasteiger partial charge on any atom is 0.338 e. The summed E-state index contributed by atoms with van der Waals surface area (Å²) < 4.78 is 17.8. The number of nitrogens with one attached hydrogen (secondary N) is 1. The minimum absolute atomic E-state index is 0.0664. The van der Waals surface area contributed by atoms with Gasteiger partial charge in [-0.2, -0.15) is 0 Å². The van der Waals surface area contributed by atoms with Crippen LogP contribution in [-0.2, 0) is 16.0 Å². The molecule has 4 nitrogen and oxygen atoms in total. The second-order valence-electron chi connectivity index (χ2n) is 4.82. The largest absolute Gasteiger partial charge is 0.452 e. The van der Waals surface area contributed by atoms with Crippen molar-refractivity contribution < 1.29 is 18.7 Å². The molecule has 0 atom stereocenters. The second kappa shape index (κ2) is 8.29. The van der Waals surface area contributed by atoms with Gasteiger partial charge in [0, 0.05) is 11.6 Å². The van der Waals surface area contributed by atoms with E-state index in [9.17, 15) is 14.0 Å². The van der Waals surface area contributed by atoms with Crippen molar-refractivity contribution >= 4 is 23.5 Å². The SMILES string of the molecule is O=C(COC(=O)c1cccc(F)c1)NCCc1cccc(Cl)c1. The van der Waals surface area contributed by atoms with E-state index in [0.29, 0.717) is 18.0 Å². The Bertz CT molecular complexity index is 706. The van der Waals surface area contributed by atoms with Crippen molar-refractivity contribution in [3.63, 3.8) is 0 Å². The molecular weight excluding hydrogens is 321 g/mol. The van der Waals surface area contributed by atoms with Crippen molar-refractivity contribution in [3.8, 4) is 0 Å². The minimum Gasteiger partial charge on any atom is -0.452 e. The highest BCUT2D eigenvalue weighted by atomic mass is 35.5. The Balaban J connectivity index is 1.72. The summed E-state index contributed by atoms with van der Waals surface area (Å²) in [5.74, 6) is -1.70. The molecule has 120 valence electrons. The molecule has 0 fully saturated rings. The van der Waals surface area contributed by atoms with E-state index in [0.717, 1.165) is 11.6 Å². The maximum atomic E-state index is 13.0.